The van der Waals surface area contributed by atoms with Gasteiger partial charge in [0.15, 0.2) is 0 Å². The summed E-state index contributed by atoms with van der Waals surface area (Å²) in [6, 6.07) is 7.66. The van der Waals surface area contributed by atoms with Crippen LogP contribution in [-0.2, 0) is 22.6 Å². The third-order valence-electron chi connectivity index (χ3n) is 3.72. The van der Waals surface area contributed by atoms with Crippen LogP contribution in [0.15, 0.2) is 30.6 Å². The number of aromatic nitrogens is 3. The number of anilines is 2. The fraction of sp³-hybridized carbons (Fsp3) is 0.333. The Morgan fingerprint density at radius 1 is 1.45 bits per heavy atom. The van der Waals surface area contributed by atoms with Crippen molar-refractivity contribution in [3.63, 3.8) is 0 Å². The molecule has 0 saturated carbocycles. The van der Waals surface area contributed by atoms with Gasteiger partial charge in [0.25, 0.3) is 0 Å². The summed E-state index contributed by atoms with van der Waals surface area (Å²) in [7, 11) is 0. The molecule has 22 heavy (non-hydrogen) atoms. The standard InChI is InChI=1S/C15H17N5O2/c1-2-10-5-3-4-6-12(10)18-13(21)7-11-8-20-15(16-9-17-20)19-14(11)22/h3-6,9,11H,2,7-8H2,1H3,(H,18,21)(H,16,17,19,22)/t11-/m0/s1. The van der Waals surface area contributed by atoms with E-state index in [1.54, 1.807) is 4.68 Å². The number of hydrogen-bond donors (Lipinski definition) is 2. The van der Waals surface area contributed by atoms with E-state index < -0.39 is 5.92 Å². The highest BCUT2D eigenvalue weighted by molar-refractivity contribution is 5.98. The first-order chi connectivity index (χ1) is 10.7. The molecule has 0 bridgehead atoms. The molecule has 0 aliphatic carbocycles. The van der Waals surface area contributed by atoms with Crippen LogP contribution in [0.25, 0.3) is 0 Å². The summed E-state index contributed by atoms with van der Waals surface area (Å²) in [5.74, 6) is -0.384. The van der Waals surface area contributed by atoms with Crippen LogP contribution in [0.2, 0.25) is 0 Å². The molecular formula is C15H17N5O2. The number of fused-ring (bicyclic) bond motifs is 1. The van der Waals surface area contributed by atoms with Gasteiger partial charge in [-0.25, -0.2) is 4.68 Å². The molecule has 2 heterocycles. The highest BCUT2D eigenvalue weighted by Crippen LogP contribution is 2.20. The maximum Gasteiger partial charge on any atom is 0.232 e. The monoisotopic (exact) mass is 299 g/mol. The molecule has 2 amide bonds. The van der Waals surface area contributed by atoms with Gasteiger partial charge < -0.3 is 5.32 Å². The Balaban J connectivity index is 1.66. The first kappa shape index (κ1) is 14.2. The average Bonchev–Trinajstić information content (AvgIpc) is 2.95. The molecule has 0 fully saturated rings. The van der Waals surface area contributed by atoms with Crippen LogP contribution < -0.4 is 10.6 Å². The summed E-state index contributed by atoms with van der Waals surface area (Å²) in [5, 5.41) is 9.55. The zero-order valence-corrected chi connectivity index (χ0v) is 12.2. The van der Waals surface area contributed by atoms with Crippen LogP contribution in [0.1, 0.15) is 18.9 Å². The van der Waals surface area contributed by atoms with Crippen molar-refractivity contribution < 1.29 is 9.59 Å². The number of rotatable bonds is 4. The molecule has 0 saturated heterocycles. The van der Waals surface area contributed by atoms with Crippen molar-refractivity contribution in [1.82, 2.24) is 14.8 Å². The number of hydrogen-bond acceptors (Lipinski definition) is 4. The van der Waals surface area contributed by atoms with Gasteiger partial charge in [0.1, 0.15) is 6.33 Å². The van der Waals surface area contributed by atoms with Gasteiger partial charge >= 0.3 is 0 Å². The van der Waals surface area contributed by atoms with Gasteiger partial charge in [0.05, 0.1) is 12.5 Å². The Bertz CT molecular complexity index is 709. The van der Waals surface area contributed by atoms with E-state index in [1.807, 2.05) is 31.2 Å². The zero-order chi connectivity index (χ0) is 15.5. The first-order valence-electron chi connectivity index (χ1n) is 7.23. The van der Waals surface area contributed by atoms with E-state index in [9.17, 15) is 9.59 Å². The predicted molar refractivity (Wildman–Crippen MR) is 81.2 cm³/mol. The Labute approximate surface area is 127 Å². The number of nitrogens with one attached hydrogen (secondary N) is 2. The predicted octanol–water partition coefficient (Wildman–Crippen LogP) is 1.44. The molecule has 0 spiro atoms. The number of nitrogens with zero attached hydrogens (tertiary/aromatic N) is 3. The smallest absolute Gasteiger partial charge is 0.232 e. The van der Waals surface area contributed by atoms with Gasteiger partial charge in [0.2, 0.25) is 17.8 Å². The lowest BCUT2D eigenvalue weighted by molar-refractivity contribution is -0.125. The lowest BCUT2D eigenvalue weighted by atomic mass is 10.0. The Morgan fingerprint density at radius 3 is 3.09 bits per heavy atom. The summed E-state index contributed by atoms with van der Waals surface area (Å²) in [6.45, 7) is 2.40. The molecule has 0 radical (unpaired) electrons. The molecule has 1 aliphatic rings. The Morgan fingerprint density at radius 2 is 2.27 bits per heavy atom. The highest BCUT2D eigenvalue weighted by atomic mass is 16.2. The molecular weight excluding hydrogens is 282 g/mol. The van der Waals surface area contributed by atoms with Crippen LogP contribution in [0.3, 0.4) is 0 Å². The minimum atomic E-state index is -0.442. The summed E-state index contributed by atoms with van der Waals surface area (Å²) in [4.78, 5) is 28.1. The van der Waals surface area contributed by atoms with Crippen molar-refractivity contribution in [1.29, 1.82) is 0 Å². The molecule has 1 atom stereocenters. The topological polar surface area (TPSA) is 88.9 Å². The molecule has 0 unspecified atom stereocenters. The second kappa shape index (κ2) is 5.97. The van der Waals surface area contributed by atoms with Crippen LogP contribution in [0, 0.1) is 5.92 Å². The van der Waals surface area contributed by atoms with E-state index >= 15 is 0 Å². The fourth-order valence-corrected chi connectivity index (χ4v) is 2.53. The van der Waals surface area contributed by atoms with E-state index in [0.29, 0.717) is 12.5 Å². The Hall–Kier alpha value is -2.70. The second-order valence-corrected chi connectivity index (χ2v) is 5.21. The molecule has 114 valence electrons. The molecule has 1 aromatic carbocycles. The van der Waals surface area contributed by atoms with Gasteiger partial charge in [-0.2, -0.15) is 10.1 Å². The Kier molecular flexibility index (Phi) is 3.86. The number of amides is 2. The van der Waals surface area contributed by atoms with E-state index in [1.165, 1.54) is 6.33 Å². The summed E-state index contributed by atoms with van der Waals surface area (Å²) >= 11 is 0. The summed E-state index contributed by atoms with van der Waals surface area (Å²) < 4.78 is 1.60. The molecule has 1 aliphatic heterocycles. The molecule has 2 aromatic rings. The largest absolute Gasteiger partial charge is 0.326 e. The third kappa shape index (κ3) is 2.83. The van der Waals surface area contributed by atoms with Crippen LogP contribution in [-0.4, -0.2) is 26.6 Å². The lowest BCUT2D eigenvalue weighted by Crippen LogP contribution is -2.36. The van der Waals surface area contributed by atoms with E-state index in [4.69, 9.17) is 0 Å². The average molecular weight is 299 g/mol. The minimum absolute atomic E-state index is 0.114. The SMILES string of the molecule is CCc1ccccc1NC(=O)C[C@H]1Cn2ncnc2NC1=O. The summed E-state index contributed by atoms with van der Waals surface area (Å²) in [5.41, 5.74) is 1.87. The molecule has 2 N–H and O–H groups in total. The van der Waals surface area contributed by atoms with Crippen LogP contribution in [0.5, 0.6) is 0 Å². The first-order valence-corrected chi connectivity index (χ1v) is 7.23. The van der Waals surface area contributed by atoms with Gasteiger partial charge in [-0.05, 0) is 18.1 Å². The minimum Gasteiger partial charge on any atom is -0.326 e. The zero-order valence-electron chi connectivity index (χ0n) is 12.2. The van der Waals surface area contributed by atoms with Crippen molar-refractivity contribution in [2.24, 2.45) is 5.92 Å². The molecule has 7 heteroatoms. The quantitative estimate of drug-likeness (QED) is 0.894. The van der Waals surface area contributed by atoms with Crippen molar-refractivity contribution in [2.75, 3.05) is 10.6 Å². The fourth-order valence-electron chi connectivity index (χ4n) is 2.53. The maximum atomic E-state index is 12.2. The lowest BCUT2D eigenvalue weighted by Gasteiger charge is -2.22. The molecule has 1 aromatic heterocycles. The summed E-state index contributed by atoms with van der Waals surface area (Å²) in [6.07, 6.45) is 2.33. The van der Waals surface area contributed by atoms with Crippen molar-refractivity contribution in [2.45, 2.75) is 26.3 Å². The molecule has 3 rings (SSSR count). The number of benzene rings is 1. The van der Waals surface area contributed by atoms with Crippen LogP contribution in [0.4, 0.5) is 11.6 Å². The number of carbonyl (C=O) groups excluding carboxylic acids is 2. The van der Waals surface area contributed by atoms with E-state index in [0.717, 1.165) is 17.7 Å². The van der Waals surface area contributed by atoms with Crippen molar-refractivity contribution >= 4 is 23.5 Å². The second-order valence-electron chi connectivity index (χ2n) is 5.21. The van der Waals surface area contributed by atoms with Gasteiger partial charge in [-0.15, -0.1) is 0 Å². The number of carbonyl (C=O) groups is 2. The van der Waals surface area contributed by atoms with Crippen molar-refractivity contribution in [3.05, 3.63) is 36.2 Å². The van der Waals surface area contributed by atoms with Gasteiger partial charge in [-0.3, -0.25) is 14.9 Å². The van der Waals surface area contributed by atoms with Crippen LogP contribution >= 0.6 is 0 Å². The number of aryl methyl sites for hydroxylation is 1. The molecule has 7 nitrogen and oxygen atoms in total. The highest BCUT2D eigenvalue weighted by Gasteiger charge is 2.29. The normalized spacial score (nSPS) is 16.8. The van der Waals surface area contributed by atoms with Crippen molar-refractivity contribution in [3.8, 4) is 0 Å². The maximum absolute atomic E-state index is 12.2. The van der Waals surface area contributed by atoms with E-state index in [2.05, 4.69) is 20.7 Å². The van der Waals surface area contributed by atoms with E-state index in [-0.39, 0.29) is 18.2 Å². The van der Waals surface area contributed by atoms with Gasteiger partial charge in [-0.1, -0.05) is 25.1 Å². The van der Waals surface area contributed by atoms with Gasteiger partial charge in [0, 0.05) is 12.1 Å². The third-order valence-corrected chi connectivity index (χ3v) is 3.72. The number of para-hydroxylation sites is 1.